The molecule has 50 heavy (non-hydrogen) atoms. The third kappa shape index (κ3) is 6.92. The van der Waals surface area contributed by atoms with E-state index in [0.717, 1.165) is 32.4 Å². The number of piperidine rings is 6. The van der Waals surface area contributed by atoms with Crippen molar-refractivity contribution in [3.8, 4) is 12.1 Å². The van der Waals surface area contributed by atoms with Crippen molar-refractivity contribution >= 4 is 67.2 Å². The Hall–Kier alpha value is -3.44. The molecule has 0 radical (unpaired) electrons. The number of fused-ring (bicyclic) bond motifs is 6. The normalized spacial score (nSPS) is 27.9. The van der Waals surface area contributed by atoms with E-state index in [4.69, 9.17) is 25.8 Å². The second-order valence-corrected chi connectivity index (χ2v) is 16.5. The van der Waals surface area contributed by atoms with Gasteiger partial charge in [-0.3, -0.25) is 14.6 Å². The van der Waals surface area contributed by atoms with Crippen molar-refractivity contribution in [2.75, 3.05) is 26.2 Å². The number of hydrogen-bond donors (Lipinski definition) is 1. The van der Waals surface area contributed by atoms with Gasteiger partial charge in [0.1, 0.15) is 0 Å². The van der Waals surface area contributed by atoms with Crippen molar-refractivity contribution in [1.82, 2.24) is 9.80 Å². The third-order valence-electron chi connectivity index (χ3n) is 12.2. The van der Waals surface area contributed by atoms with Crippen molar-refractivity contribution < 1.29 is 14.4 Å². The molecule has 11 heteroatoms. The Morgan fingerprint density at radius 1 is 0.780 bits per heavy atom. The number of nitrogens with zero attached hydrogens (tertiary/aromatic N) is 4. The highest BCUT2D eigenvalue weighted by atomic mass is 35.5. The van der Waals surface area contributed by atoms with Gasteiger partial charge in [-0.05, 0) is 148 Å². The molecule has 0 amide bonds. The molecule has 8 aliphatic rings. The summed E-state index contributed by atoms with van der Waals surface area (Å²) in [4.78, 5) is 35.4. The Balaban J connectivity index is 0.000000138. The number of nitrogens with two attached hydrogens (primary N) is 1. The van der Waals surface area contributed by atoms with E-state index >= 15 is 0 Å². The number of hydrogen-bond acceptors (Lipinski definition) is 10. The van der Waals surface area contributed by atoms with Gasteiger partial charge in [-0.1, -0.05) is 12.1 Å². The number of thiophene rings is 2. The van der Waals surface area contributed by atoms with Crippen molar-refractivity contribution in [2.24, 2.45) is 23.5 Å². The van der Waals surface area contributed by atoms with Crippen LogP contribution in [0.2, 0.25) is 0 Å². The van der Waals surface area contributed by atoms with E-state index in [0.29, 0.717) is 40.8 Å². The van der Waals surface area contributed by atoms with Crippen molar-refractivity contribution in [3.63, 3.8) is 0 Å². The number of Topliss-reactive ketones (excluding diaryl/α,β-unsaturated/α-hetero) is 1. The highest BCUT2D eigenvalue weighted by Crippen LogP contribution is 2.58. The molecular weight excluding hydrogens is 686 g/mol. The monoisotopic (exact) mass is 727 g/mol. The maximum Gasteiger partial charge on any atom is 0.373 e. The van der Waals surface area contributed by atoms with Gasteiger partial charge in [-0.2, -0.15) is 20.1 Å². The Kier molecular flexibility index (Phi) is 10.9. The van der Waals surface area contributed by atoms with E-state index in [-0.39, 0.29) is 18.6 Å². The highest BCUT2D eigenvalue weighted by Gasteiger charge is 2.60. The second-order valence-electron chi connectivity index (χ2n) is 14.5. The molecule has 2 aliphatic carbocycles. The van der Waals surface area contributed by atoms with Gasteiger partial charge in [0.2, 0.25) is 0 Å². The summed E-state index contributed by atoms with van der Waals surface area (Å²) in [6.45, 7) is 5.15. The summed E-state index contributed by atoms with van der Waals surface area (Å²) in [6, 6.07) is 20.3. The van der Waals surface area contributed by atoms with Gasteiger partial charge in [-0.15, -0.1) is 35.1 Å². The summed E-state index contributed by atoms with van der Waals surface area (Å²) in [5.41, 5.74) is 8.51. The average Bonchev–Trinajstić information content (AvgIpc) is 4.01. The lowest BCUT2D eigenvalue weighted by Crippen LogP contribution is -2.63. The molecule has 2 aromatic heterocycles. The SMILES string of the molecule is Cl.N#Cc1ccc2cc(C(=O)C[C@@H]3C4CCN(CC4)C34CC4)sc2c1.N#Cc1ccc2ccsc2c1.N[C@@H]1C2CCN(CC2)C12CC2.O=C=O. The number of halogens is 1. The maximum absolute atomic E-state index is 13.0. The minimum absolute atomic E-state index is 0. The minimum Gasteiger partial charge on any atom is -0.326 e. The Morgan fingerprint density at radius 3 is 1.86 bits per heavy atom. The zero-order valence-electron chi connectivity index (χ0n) is 28.0. The van der Waals surface area contributed by atoms with Crippen LogP contribution in [0.25, 0.3) is 20.2 Å². The number of nitriles is 2. The molecule has 2 saturated carbocycles. The van der Waals surface area contributed by atoms with Crippen molar-refractivity contribution in [3.05, 3.63) is 69.9 Å². The van der Waals surface area contributed by atoms with Crippen LogP contribution < -0.4 is 5.73 Å². The minimum atomic E-state index is 0. The molecule has 4 bridgehead atoms. The molecule has 2 spiro atoms. The van der Waals surface area contributed by atoms with Crippen LogP contribution in [0.4, 0.5) is 0 Å². The fourth-order valence-electron chi connectivity index (χ4n) is 9.29. The van der Waals surface area contributed by atoms with Crippen LogP contribution in [-0.4, -0.2) is 65.0 Å². The van der Waals surface area contributed by atoms with Gasteiger partial charge in [-0.25, -0.2) is 0 Å². The van der Waals surface area contributed by atoms with Crippen LogP contribution in [0.15, 0.2) is 53.9 Å². The van der Waals surface area contributed by atoms with E-state index in [1.807, 2.05) is 47.8 Å². The Bertz CT molecular complexity index is 1960. The zero-order chi connectivity index (χ0) is 34.2. The molecule has 6 saturated heterocycles. The summed E-state index contributed by atoms with van der Waals surface area (Å²) in [5, 5.41) is 22.0. The van der Waals surface area contributed by atoms with Crippen LogP contribution in [0.1, 0.15) is 78.6 Å². The Morgan fingerprint density at radius 2 is 1.32 bits per heavy atom. The Labute approximate surface area is 307 Å². The molecular formula is C39H42ClN5O3S2. The molecule has 2 atom stereocenters. The number of ketones is 1. The zero-order valence-corrected chi connectivity index (χ0v) is 30.5. The number of benzene rings is 2. The first-order valence-corrected chi connectivity index (χ1v) is 19.1. The standard InChI is InChI=1S/C20H20N2OS.C9H16N2.C9H5NS.CO2.ClH/c21-12-13-1-2-15-10-19(24-18(15)9-13)17(23)11-16-14-3-7-22(8-4-14)20(16)5-6-20;10-8-7-1-5-11(6-2-7)9(8)3-4-9;10-6-7-1-2-8-3-4-11-9(8)5-7;2-1-3;/h1-2,9-10,14,16H,3-8,11H2;7-8H,1-6,10H2;1-5H;;1H/t16-;8-;;;/m11.../s1. The van der Waals surface area contributed by atoms with E-state index in [9.17, 15) is 4.79 Å². The predicted octanol–water partition coefficient (Wildman–Crippen LogP) is 7.40. The summed E-state index contributed by atoms with van der Waals surface area (Å²) >= 11 is 3.22. The predicted molar refractivity (Wildman–Crippen MR) is 198 cm³/mol. The van der Waals surface area contributed by atoms with Crippen LogP contribution in [0.5, 0.6) is 0 Å². The quantitative estimate of drug-likeness (QED) is 0.216. The van der Waals surface area contributed by atoms with Gasteiger partial charge in [0.05, 0.1) is 28.1 Å². The topological polar surface area (TPSA) is 131 Å². The van der Waals surface area contributed by atoms with E-state index in [1.54, 1.807) is 22.7 Å². The van der Waals surface area contributed by atoms with Gasteiger partial charge in [0, 0.05) is 32.9 Å². The van der Waals surface area contributed by atoms with Crippen LogP contribution in [0, 0.1) is 40.4 Å². The van der Waals surface area contributed by atoms with Crippen LogP contribution in [-0.2, 0) is 9.59 Å². The van der Waals surface area contributed by atoms with Crippen LogP contribution in [0.3, 0.4) is 0 Å². The van der Waals surface area contributed by atoms with Gasteiger partial charge in [0.25, 0.3) is 0 Å². The second kappa shape index (κ2) is 15.0. The lowest BCUT2D eigenvalue weighted by Gasteiger charge is -2.52. The molecule has 8 heterocycles. The molecule has 8 nitrogen and oxygen atoms in total. The number of carbonyl (C=O) groups is 1. The fourth-order valence-corrected chi connectivity index (χ4v) is 11.2. The summed E-state index contributed by atoms with van der Waals surface area (Å²) in [5.74, 6) is 2.48. The number of rotatable bonds is 3. The lowest BCUT2D eigenvalue weighted by molar-refractivity contribution is -0.191. The fraction of sp³-hybridized carbons (Fsp3) is 0.487. The lowest BCUT2D eigenvalue weighted by atomic mass is 9.70. The molecule has 2 N–H and O–H groups in total. The molecule has 6 aliphatic heterocycles. The molecule has 4 aromatic rings. The summed E-state index contributed by atoms with van der Waals surface area (Å²) in [7, 11) is 0. The third-order valence-corrected chi connectivity index (χ3v) is 14.2. The summed E-state index contributed by atoms with van der Waals surface area (Å²) < 4.78 is 2.23. The first kappa shape index (κ1) is 36.4. The number of carbonyl (C=O) groups excluding carboxylic acids is 3. The van der Waals surface area contributed by atoms with E-state index in [2.05, 4.69) is 28.0 Å². The van der Waals surface area contributed by atoms with E-state index in [1.165, 1.54) is 87.6 Å². The largest absolute Gasteiger partial charge is 0.373 e. The van der Waals surface area contributed by atoms with Crippen LogP contribution >= 0.6 is 35.1 Å². The first-order valence-electron chi connectivity index (χ1n) is 17.4. The first-order chi connectivity index (χ1) is 23.8. The average molecular weight is 728 g/mol. The highest BCUT2D eigenvalue weighted by molar-refractivity contribution is 7.20. The van der Waals surface area contributed by atoms with Gasteiger partial charge < -0.3 is 5.73 Å². The molecule has 2 aromatic carbocycles. The molecule has 12 rings (SSSR count). The smallest absolute Gasteiger partial charge is 0.326 e. The van der Waals surface area contributed by atoms with Crippen molar-refractivity contribution in [1.29, 1.82) is 10.5 Å². The molecule has 260 valence electrons. The van der Waals surface area contributed by atoms with E-state index < -0.39 is 0 Å². The van der Waals surface area contributed by atoms with Gasteiger partial charge >= 0.3 is 6.15 Å². The maximum atomic E-state index is 13.0. The summed E-state index contributed by atoms with van der Waals surface area (Å²) in [6.07, 6.45) is 11.6. The van der Waals surface area contributed by atoms with Gasteiger partial charge in [0.15, 0.2) is 5.78 Å². The molecule has 0 unspecified atom stereocenters. The van der Waals surface area contributed by atoms with Crippen molar-refractivity contribution in [2.45, 2.75) is 74.9 Å². The molecule has 8 fully saturated rings.